The molecule has 0 unspecified atom stereocenters. The first-order valence-electron chi connectivity index (χ1n) is 4.82. The number of carbonyl (C=O) groups is 1. The summed E-state index contributed by atoms with van der Waals surface area (Å²) in [7, 11) is 1.62. The molecule has 0 fully saturated rings. The van der Waals surface area contributed by atoms with E-state index in [1.54, 1.807) is 18.1 Å². The van der Waals surface area contributed by atoms with Crippen LogP contribution in [0.15, 0.2) is 27.9 Å². The maximum Gasteiger partial charge on any atom is 0.255 e. The van der Waals surface area contributed by atoms with Gasteiger partial charge in [0.05, 0.1) is 16.0 Å². The zero-order valence-electron chi connectivity index (χ0n) is 9.11. The minimum Gasteiger partial charge on any atom is -0.383 e. The van der Waals surface area contributed by atoms with E-state index in [2.05, 4.69) is 22.5 Å². The fourth-order valence-corrected chi connectivity index (χ4v) is 2.37. The highest BCUT2D eigenvalue weighted by atomic mass is 79.9. The van der Waals surface area contributed by atoms with Crippen LogP contribution >= 0.6 is 27.3 Å². The number of hydrogen-bond acceptors (Lipinski definition) is 3. The van der Waals surface area contributed by atoms with E-state index in [1.807, 2.05) is 11.4 Å². The second-order valence-electron chi connectivity index (χ2n) is 3.17. The van der Waals surface area contributed by atoms with E-state index in [1.165, 1.54) is 11.3 Å². The topological polar surface area (TPSA) is 29.5 Å². The largest absolute Gasteiger partial charge is 0.383 e. The van der Waals surface area contributed by atoms with Crippen molar-refractivity contribution < 1.29 is 9.53 Å². The molecule has 1 aromatic heterocycles. The monoisotopic (exact) mass is 303 g/mol. The first-order valence-corrected chi connectivity index (χ1v) is 6.49. The molecular formula is C11H14BrNO2S. The fourth-order valence-electron chi connectivity index (χ4n) is 1.24. The van der Waals surface area contributed by atoms with Crippen LogP contribution in [0, 0.1) is 0 Å². The molecule has 5 heteroatoms. The van der Waals surface area contributed by atoms with Crippen LogP contribution in [0.25, 0.3) is 0 Å². The summed E-state index contributed by atoms with van der Waals surface area (Å²) in [6.07, 6.45) is 1.72. The summed E-state index contributed by atoms with van der Waals surface area (Å²) in [5.41, 5.74) is 0.704. The van der Waals surface area contributed by atoms with Crippen molar-refractivity contribution in [2.24, 2.45) is 0 Å². The average molecular weight is 304 g/mol. The Hall–Kier alpha value is -0.650. The van der Waals surface area contributed by atoms with Crippen molar-refractivity contribution in [3.8, 4) is 0 Å². The summed E-state index contributed by atoms with van der Waals surface area (Å²) in [5, 5.41) is 1.84. The van der Waals surface area contributed by atoms with Crippen LogP contribution in [0.2, 0.25) is 0 Å². The van der Waals surface area contributed by atoms with Gasteiger partial charge in [-0.25, -0.2) is 0 Å². The number of rotatable bonds is 6. The zero-order valence-corrected chi connectivity index (χ0v) is 11.5. The maximum atomic E-state index is 12.1. The highest BCUT2D eigenvalue weighted by molar-refractivity contribution is 9.11. The number of methoxy groups -OCH3 is 1. The van der Waals surface area contributed by atoms with E-state index in [0.29, 0.717) is 25.3 Å². The van der Waals surface area contributed by atoms with Crippen molar-refractivity contribution in [3.63, 3.8) is 0 Å². The Morgan fingerprint density at radius 1 is 1.75 bits per heavy atom. The molecule has 0 saturated heterocycles. The number of thiophene rings is 1. The summed E-state index contributed by atoms with van der Waals surface area (Å²) in [6.45, 7) is 5.30. The van der Waals surface area contributed by atoms with E-state index in [0.717, 1.165) is 3.79 Å². The fraction of sp³-hybridized carbons (Fsp3) is 0.364. The number of halogens is 1. The minimum absolute atomic E-state index is 0.0129. The summed E-state index contributed by atoms with van der Waals surface area (Å²) in [4.78, 5) is 13.8. The predicted octanol–water partition coefficient (Wildman–Crippen LogP) is 2.79. The molecule has 0 aromatic carbocycles. The Labute approximate surface area is 108 Å². The summed E-state index contributed by atoms with van der Waals surface area (Å²) < 4.78 is 5.93. The highest BCUT2D eigenvalue weighted by Gasteiger charge is 2.15. The molecule has 1 heterocycles. The van der Waals surface area contributed by atoms with Gasteiger partial charge in [0.25, 0.3) is 5.91 Å². The Morgan fingerprint density at radius 3 is 3.00 bits per heavy atom. The Balaban J connectivity index is 2.69. The van der Waals surface area contributed by atoms with Gasteiger partial charge >= 0.3 is 0 Å². The van der Waals surface area contributed by atoms with Crippen molar-refractivity contribution >= 4 is 33.2 Å². The lowest BCUT2D eigenvalue weighted by atomic mass is 10.3. The Bertz CT molecular complexity index is 365. The van der Waals surface area contributed by atoms with E-state index >= 15 is 0 Å². The number of hydrogen-bond donors (Lipinski definition) is 0. The standard InChI is InChI=1S/C11H14BrNO2S/c1-3-4-13(5-6-15-2)11(14)9-7-10(12)16-8-9/h3,7-8H,1,4-6H2,2H3. The highest BCUT2D eigenvalue weighted by Crippen LogP contribution is 2.21. The van der Waals surface area contributed by atoms with E-state index < -0.39 is 0 Å². The van der Waals surface area contributed by atoms with Crippen molar-refractivity contribution in [1.82, 2.24) is 4.90 Å². The van der Waals surface area contributed by atoms with Crippen molar-refractivity contribution in [3.05, 3.63) is 33.5 Å². The third kappa shape index (κ3) is 3.73. The molecule has 1 aromatic rings. The first-order chi connectivity index (χ1) is 7.69. The van der Waals surface area contributed by atoms with Crippen LogP contribution in [0.5, 0.6) is 0 Å². The van der Waals surface area contributed by atoms with Gasteiger partial charge in [0.2, 0.25) is 0 Å². The van der Waals surface area contributed by atoms with Gasteiger partial charge in [-0.05, 0) is 22.0 Å². The van der Waals surface area contributed by atoms with Gasteiger partial charge in [0.15, 0.2) is 0 Å². The molecule has 3 nitrogen and oxygen atoms in total. The summed E-state index contributed by atoms with van der Waals surface area (Å²) in [5.74, 6) is 0.0129. The third-order valence-electron chi connectivity index (χ3n) is 2.02. The van der Waals surface area contributed by atoms with E-state index in [-0.39, 0.29) is 5.91 Å². The molecule has 16 heavy (non-hydrogen) atoms. The van der Waals surface area contributed by atoms with Crippen LogP contribution in [-0.2, 0) is 4.74 Å². The maximum absolute atomic E-state index is 12.1. The van der Waals surface area contributed by atoms with Gasteiger partial charge in [0.1, 0.15) is 0 Å². The van der Waals surface area contributed by atoms with E-state index in [4.69, 9.17) is 4.74 Å². The second kappa shape index (κ2) is 6.83. The molecule has 0 aliphatic heterocycles. The molecule has 0 N–H and O–H groups in total. The molecule has 0 atom stereocenters. The van der Waals surface area contributed by atoms with Crippen molar-refractivity contribution in [2.75, 3.05) is 26.8 Å². The van der Waals surface area contributed by atoms with Crippen LogP contribution in [0.4, 0.5) is 0 Å². The quantitative estimate of drug-likeness (QED) is 0.756. The molecule has 0 aliphatic carbocycles. The van der Waals surface area contributed by atoms with Crippen LogP contribution < -0.4 is 0 Å². The minimum atomic E-state index is 0.0129. The Morgan fingerprint density at radius 2 is 2.50 bits per heavy atom. The van der Waals surface area contributed by atoms with Gasteiger partial charge in [0, 0.05) is 25.6 Å². The van der Waals surface area contributed by atoms with Crippen molar-refractivity contribution in [1.29, 1.82) is 0 Å². The van der Waals surface area contributed by atoms with E-state index in [9.17, 15) is 4.79 Å². The molecule has 88 valence electrons. The average Bonchev–Trinajstić information content (AvgIpc) is 2.70. The molecular weight excluding hydrogens is 290 g/mol. The smallest absolute Gasteiger partial charge is 0.255 e. The third-order valence-corrected chi connectivity index (χ3v) is 3.52. The molecule has 0 bridgehead atoms. The lowest BCUT2D eigenvalue weighted by Gasteiger charge is -2.19. The predicted molar refractivity (Wildman–Crippen MR) is 70.0 cm³/mol. The SMILES string of the molecule is C=CCN(CCOC)C(=O)c1csc(Br)c1. The zero-order chi connectivity index (χ0) is 12.0. The van der Waals surface area contributed by atoms with Crippen molar-refractivity contribution in [2.45, 2.75) is 0 Å². The summed E-state index contributed by atoms with van der Waals surface area (Å²) in [6, 6.07) is 1.83. The number of ether oxygens (including phenoxy) is 1. The van der Waals surface area contributed by atoms with Gasteiger partial charge in [-0.1, -0.05) is 6.08 Å². The second-order valence-corrected chi connectivity index (χ2v) is 5.46. The van der Waals surface area contributed by atoms with Gasteiger partial charge < -0.3 is 9.64 Å². The Kier molecular flexibility index (Phi) is 5.73. The lowest BCUT2D eigenvalue weighted by Crippen LogP contribution is -2.33. The first kappa shape index (κ1) is 13.4. The lowest BCUT2D eigenvalue weighted by molar-refractivity contribution is 0.0718. The molecule has 1 rings (SSSR count). The van der Waals surface area contributed by atoms with Crippen LogP contribution in [-0.4, -0.2) is 37.6 Å². The number of amides is 1. The molecule has 1 amide bonds. The van der Waals surface area contributed by atoms with Gasteiger partial charge in [-0.2, -0.15) is 0 Å². The molecule has 0 aliphatic rings. The summed E-state index contributed by atoms with van der Waals surface area (Å²) >= 11 is 4.85. The number of carbonyl (C=O) groups excluding carboxylic acids is 1. The van der Waals surface area contributed by atoms with Crippen LogP contribution in [0.3, 0.4) is 0 Å². The van der Waals surface area contributed by atoms with Gasteiger partial charge in [-0.15, -0.1) is 17.9 Å². The van der Waals surface area contributed by atoms with Gasteiger partial charge in [-0.3, -0.25) is 4.79 Å². The molecule has 0 radical (unpaired) electrons. The normalized spacial score (nSPS) is 10.1. The molecule has 0 spiro atoms. The molecule has 0 saturated carbocycles. The number of nitrogens with zero attached hydrogens (tertiary/aromatic N) is 1. The van der Waals surface area contributed by atoms with Crippen LogP contribution in [0.1, 0.15) is 10.4 Å².